The van der Waals surface area contributed by atoms with Crippen LogP contribution in [0.25, 0.3) is 0 Å². The highest BCUT2D eigenvalue weighted by Crippen LogP contribution is 2.27. The normalized spacial score (nSPS) is 13.9. The highest BCUT2D eigenvalue weighted by molar-refractivity contribution is 9.09. The van der Waals surface area contributed by atoms with E-state index in [-0.39, 0.29) is 11.7 Å². The molecular formula is C12H16BrClO. The van der Waals surface area contributed by atoms with Crippen LogP contribution in [-0.2, 0) is 4.74 Å². The second kappa shape index (κ2) is 5.33. The van der Waals surface area contributed by atoms with E-state index in [0.717, 1.165) is 15.9 Å². The molecule has 0 aliphatic carbocycles. The molecule has 0 aliphatic rings. The molecule has 1 unspecified atom stereocenters. The summed E-state index contributed by atoms with van der Waals surface area (Å²) >= 11 is 9.41. The van der Waals surface area contributed by atoms with Crippen molar-refractivity contribution < 1.29 is 4.74 Å². The molecule has 84 valence electrons. The summed E-state index contributed by atoms with van der Waals surface area (Å²) < 4.78 is 5.92. The van der Waals surface area contributed by atoms with Crippen LogP contribution in [-0.4, -0.2) is 10.9 Å². The Kier molecular flexibility index (Phi) is 4.63. The zero-order valence-corrected chi connectivity index (χ0v) is 11.6. The van der Waals surface area contributed by atoms with Crippen molar-refractivity contribution in [1.82, 2.24) is 0 Å². The van der Waals surface area contributed by atoms with E-state index in [4.69, 9.17) is 16.3 Å². The van der Waals surface area contributed by atoms with Crippen molar-refractivity contribution in [3.05, 3.63) is 34.9 Å². The monoisotopic (exact) mass is 290 g/mol. The molecule has 15 heavy (non-hydrogen) atoms. The lowest BCUT2D eigenvalue weighted by Crippen LogP contribution is -2.23. The molecule has 3 heteroatoms. The van der Waals surface area contributed by atoms with E-state index in [1.54, 1.807) is 0 Å². The smallest absolute Gasteiger partial charge is 0.0929 e. The van der Waals surface area contributed by atoms with Crippen molar-refractivity contribution in [2.45, 2.75) is 32.5 Å². The molecule has 0 aromatic heterocycles. The van der Waals surface area contributed by atoms with Crippen LogP contribution in [0.1, 0.15) is 32.4 Å². The van der Waals surface area contributed by atoms with Gasteiger partial charge in [-0.3, -0.25) is 0 Å². The minimum absolute atomic E-state index is 0.0451. The van der Waals surface area contributed by atoms with Gasteiger partial charge in [-0.05, 0) is 38.5 Å². The first kappa shape index (κ1) is 13.0. The van der Waals surface area contributed by atoms with Gasteiger partial charge < -0.3 is 4.74 Å². The molecule has 1 rings (SSSR count). The number of halogens is 2. The third-order valence-corrected chi connectivity index (χ3v) is 2.68. The van der Waals surface area contributed by atoms with Crippen molar-refractivity contribution >= 4 is 27.5 Å². The van der Waals surface area contributed by atoms with Crippen molar-refractivity contribution in [3.8, 4) is 0 Å². The fourth-order valence-corrected chi connectivity index (χ4v) is 2.03. The summed E-state index contributed by atoms with van der Waals surface area (Å²) in [7, 11) is 0. The first-order valence-corrected chi connectivity index (χ1v) is 6.41. The van der Waals surface area contributed by atoms with E-state index in [9.17, 15) is 0 Å². The number of hydrogen-bond acceptors (Lipinski definition) is 1. The maximum Gasteiger partial charge on any atom is 0.0929 e. The highest BCUT2D eigenvalue weighted by Gasteiger charge is 2.19. The summed E-state index contributed by atoms with van der Waals surface area (Å²) in [6, 6.07) is 7.79. The Labute approximate surface area is 105 Å². The molecule has 0 fully saturated rings. The van der Waals surface area contributed by atoms with Crippen LogP contribution in [0.3, 0.4) is 0 Å². The Morgan fingerprint density at radius 1 is 1.40 bits per heavy atom. The van der Waals surface area contributed by atoms with Gasteiger partial charge in [-0.25, -0.2) is 0 Å². The molecule has 1 aromatic rings. The topological polar surface area (TPSA) is 9.23 Å². The van der Waals surface area contributed by atoms with Crippen LogP contribution < -0.4 is 0 Å². The van der Waals surface area contributed by atoms with Crippen LogP contribution >= 0.6 is 27.5 Å². The van der Waals surface area contributed by atoms with Crippen molar-refractivity contribution in [1.29, 1.82) is 0 Å². The molecule has 0 bridgehead atoms. The molecule has 1 atom stereocenters. The molecule has 1 nitrogen and oxygen atoms in total. The average Bonchev–Trinajstić information content (AvgIpc) is 2.13. The van der Waals surface area contributed by atoms with Gasteiger partial charge in [0.25, 0.3) is 0 Å². The van der Waals surface area contributed by atoms with Gasteiger partial charge >= 0.3 is 0 Å². The lowest BCUT2D eigenvalue weighted by molar-refractivity contribution is -0.0501. The van der Waals surface area contributed by atoms with Gasteiger partial charge in [-0.2, -0.15) is 0 Å². The van der Waals surface area contributed by atoms with Crippen molar-refractivity contribution in [2.24, 2.45) is 0 Å². The predicted molar refractivity (Wildman–Crippen MR) is 68.8 cm³/mol. The molecule has 0 radical (unpaired) electrons. The largest absolute Gasteiger partial charge is 0.367 e. The number of benzene rings is 1. The first-order chi connectivity index (χ1) is 6.92. The second-order valence-corrected chi connectivity index (χ2v) is 5.51. The second-order valence-electron chi connectivity index (χ2n) is 4.43. The minimum Gasteiger partial charge on any atom is -0.367 e. The van der Waals surface area contributed by atoms with Crippen molar-refractivity contribution in [3.63, 3.8) is 0 Å². The Balaban J connectivity index is 2.83. The zero-order chi connectivity index (χ0) is 11.5. The number of hydrogen-bond donors (Lipinski definition) is 0. The first-order valence-electron chi connectivity index (χ1n) is 4.91. The van der Waals surface area contributed by atoms with Crippen LogP contribution in [0.2, 0.25) is 5.02 Å². The average molecular weight is 292 g/mol. The van der Waals surface area contributed by atoms with Crippen LogP contribution in [0, 0.1) is 0 Å². The lowest BCUT2D eigenvalue weighted by Gasteiger charge is -2.26. The van der Waals surface area contributed by atoms with Gasteiger partial charge in [-0.15, -0.1) is 0 Å². The fraction of sp³-hybridized carbons (Fsp3) is 0.500. The van der Waals surface area contributed by atoms with E-state index < -0.39 is 0 Å². The quantitative estimate of drug-likeness (QED) is 0.740. The van der Waals surface area contributed by atoms with Gasteiger partial charge in [-0.1, -0.05) is 39.7 Å². The van der Waals surface area contributed by atoms with Crippen LogP contribution in [0.15, 0.2) is 24.3 Å². The van der Waals surface area contributed by atoms with E-state index in [0.29, 0.717) is 0 Å². The summed E-state index contributed by atoms with van der Waals surface area (Å²) in [6.45, 7) is 6.15. The summed E-state index contributed by atoms with van der Waals surface area (Å²) in [5.41, 5.74) is 0.954. The number of alkyl halides is 1. The molecule has 0 spiro atoms. The van der Waals surface area contributed by atoms with Gasteiger partial charge in [0, 0.05) is 10.4 Å². The Hall–Kier alpha value is -0.0500. The molecule has 0 N–H and O–H groups in total. The van der Waals surface area contributed by atoms with Gasteiger partial charge in [0.1, 0.15) is 0 Å². The summed E-state index contributed by atoms with van der Waals surface area (Å²) in [6.07, 6.45) is 0.0451. The van der Waals surface area contributed by atoms with E-state index in [2.05, 4.69) is 15.9 Å². The molecular weight excluding hydrogens is 275 g/mol. The van der Waals surface area contributed by atoms with Gasteiger partial charge in [0.15, 0.2) is 0 Å². The Morgan fingerprint density at radius 3 is 2.53 bits per heavy atom. The highest BCUT2D eigenvalue weighted by atomic mass is 79.9. The minimum atomic E-state index is -0.152. The predicted octanol–water partition coefficient (Wildman–Crippen LogP) is 4.59. The van der Waals surface area contributed by atoms with E-state index in [1.807, 2.05) is 45.0 Å². The van der Waals surface area contributed by atoms with Crippen molar-refractivity contribution in [2.75, 3.05) is 5.33 Å². The Morgan fingerprint density at radius 2 is 2.07 bits per heavy atom. The molecule has 0 amide bonds. The summed E-state index contributed by atoms with van der Waals surface area (Å²) in [4.78, 5) is 0. The third-order valence-electron chi connectivity index (χ3n) is 1.86. The standard InChI is InChI=1S/C12H16BrClO/c1-12(2,3)15-11(8-13)9-5-4-6-10(14)7-9/h4-7,11H,8H2,1-3H3. The Bertz CT molecular complexity index is 320. The maximum absolute atomic E-state index is 5.95. The molecule has 0 saturated carbocycles. The van der Waals surface area contributed by atoms with Crippen LogP contribution in [0.4, 0.5) is 0 Å². The van der Waals surface area contributed by atoms with E-state index in [1.165, 1.54) is 0 Å². The van der Waals surface area contributed by atoms with Gasteiger partial charge in [0.05, 0.1) is 11.7 Å². The molecule has 0 aliphatic heterocycles. The molecule has 0 heterocycles. The van der Waals surface area contributed by atoms with Crippen LogP contribution in [0.5, 0.6) is 0 Å². The third kappa shape index (κ3) is 4.54. The number of rotatable bonds is 3. The lowest BCUT2D eigenvalue weighted by atomic mass is 10.1. The molecule has 0 saturated heterocycles. The maximum atomic E-state index is 5.95. The zero-order valence-electron chi connectivity index (χ0n) is 9.26. The number of ether oxygens (including phenoxy) is 1. The fourth-order valence-electron chi connectivity index (χ4n) is 1.32. The summed E-state index contributed by atoms with van der Waals surface area (Å²) in [5.74, 6) is 0. The van der Waals surface area contributed by atoms with E-state index >= 15 is 0 Å². The summed E-state index contributed by atoms with van der Waals surface area (Å²) in [5, 5.41) is 1.51. The molecule has 1 aromatic carbocycles. The SMILES string of the molecule is CC(C)(C)OC(CBr)c1cccc(Cl)c1. The van der Waals surface area contributed by atoms with Gasteiger partial charge in [0.2, 0.25) is 0 Å².